The molecule has 1 aliphatic heterocycles. The van der Waals surface area contributed by atoms with Crippen LogP contribution in [0.25, 0.3) is 11.3 Å². The largest absolute Gasteiger partial charge is 0.497 e. The van der Waals surface area contributed by atoms with Gasteiger partial charge in [-0.15, -0.1) is 0 Å². The normalized spacial score (nSPS) is 15.1. The number of anilines is 2. The number of amides is 1. The third-order valence-corrected chi connectivity index (χ3v) is 5.60. The van der Waals surface area contributed by atoms with E-state index in [4.69, 9.17) is 9.47 Å². The van der Waals surface area contributed by atoms with Crippen molar-refractivity contribution in [1.29, 1.82) is 0 Å². The summed E-state index contributed by atoms with van der Waals surface area (Å²) in [6.45, 7) is 0. The number of benzene rings is 3. The van der Waals surface area contributed by atoms with E-state index in [1.54, 1.807) is 25.3 Å². The molecular formula is C25H22N4O3. The fraction of sp³-hybridized carbons (Fsp3) is 0.120. The minimum absolute atomic E-state index is 0.0977. The van der Waals surface area contributed by atoms with E-state index in [2.05, 4.69) is 15.5 Å². The van der Waals surface area contributed by atoms with Gasteiger partial charge in [0.2, 0.25) is 0 Å². The van der Waals surface area contributed by atoms with Gasteiger partial charge < -0.3 is 14.8 Å². The van der Waals surface area contributed by atoms with E-state index in [0.717, 1.165) is 33.9 Å². The minimum atomic E-state index is -0.472. The lowest BCUT2D eigenvalue weighted by molar-refractivity contribution is 0.0975. The van der Waals surface area contributed by atoms with Crippen molar-refractivity contribution in [1.82, 2.24) is 10.2 Å². The van der Waals surface area contributed by atoms with Crippen LogP contribution in [0.5, 0.6) is 11.5 Å². The number of carbonyl (C=O) groups excluding carboxylic acids is 1. The molecule has 0 fully saturated rings. The summed E-state index contributed by atoms with van der Waals surface area (Å²) in [5, 5.41) is 10.9. The smallest absolute Gasteiger partial charge is 0.262 e. The quantitative estimate of drug-likeness (QED) is 0.476. The molecule has 1 aliphatic rings. The Bertz CT molecular complexity index is 1270. The van der Waals surface area contributed by atoms with E-state index in [0.29, 0.717) is 11.3 Å². The molecule has 2 N–H and O–H groups in total. The highest BCUT2D eigenvalue weighted by Gasteiger charge is 2.36. The summed E-state index contributed by atoms with van der Waals surface area (Å²) in [7, 11) is 3.25. The Kier molecular flexibility index (Phi) is 4.99. The number of para-hydroxylation sites is 1. The summed E-state index contributed by atoms with van der Waals surface area (Å²) in [5.41, 5.74) is 4.73. The zero-order valence-electron chi connectivity index (χ0n) is 17.7. The fourth-order valence-electron chi connectivity index (χ4n) is 3.99. The van der Waals surface area contributed by atoms with Crippen LogP contribution >= 0.6 is 0 Å². The van der Waals surface area contributed by atoms with E-state index in [1.807, 2.05) is 72.8 Å². The topological polar surface area (TPSA) is 79.5 Å². The van der Waals surface area contributed by atoms with Gasteiger partial charge in [0.1, 0.15) is 17.7 Å². The van der Waals surface area contributed by atoms with Crippen LogP contribution in [0.4, 0.5) is 11.4 Å². The van der Waals surface area contributed by atoms with Gasteiger partial charge in [-0.3, -0.25) is 14.8 Å². The molecule has 0 saturated heterocycles. The van der Waals surface area contributed by atoms with Crippen LogP contribution in [0.3, 0.4) is 0 Å². The Hall–Kier alpha value is -4.26. The van der Waals surface area contributed by atoms with Crippen LogP contribution in [0.15, 0.2) is 79.0 Å². The van der Waals surface area contributed by atoms with Crippen molar-refractivity contribution in [2.75, 3.05) is 24.4 Å². The van der Waals surface area contributed by atoms with E-state index < -0.39 is 6.17 Å². The first-order valence-electron chi connectivity index (χ1n) is 10.2. The zero-order valence-corrected chi connectivity index (χ0v) is 17.7. The maximum absolute atomic E-state index is 13.7. The van der Waals surface area contributed by atoms with E-state index in [1.165, 1.54) is 0 Å². The number of aromatic amines is 1. The fourth-order valence-corrected chi connectivity index (χ4v) is 3.99. The predicted molar refractivity (Wildman–Crippen MR) is 123 cm³/mol. The van der Waals surface area contributed by atoms with Crippen LogP contribution in [0.2, 0.25) is 0 Å². The van der Waals surface area contributed by atoms with Gasteiger partial charge in [-0.1, -0.05) is 18.2 Å². The van der Waals surface area contributed by atoms with Gasteiger partial charge in [-0.25, -0.2) is 0 Å². The number of aromatic nitrogens is 2. The van der Waals surface area contributed by atoms with E-state index in [9.17, 15) is 4.79 Å². The summed E-state index contributed by atoms with van der Waals surface area (Å²) in [6, 6.07) is 22.7. The van der Waals surface area contributed by atoms with Crippen molar-refractivity contribution in [3.63, 3.8) is 0 Å². The van der Waals surface area contributed by atoms with Gasteiger partial charge in [0.15, 0.2) is 0 Å². The van der Waals surface area contributed by atoms with Gasteiger partial charge in [0, 0.05) is 22.9 Å². The molecule has 0 bridgehead atoms. The van der Waals surface area contributed by atoms with Crippen LogP contribution < -0.4 is 19.7 Å². The summed E-state index contributed by atoms with van der Waals surface area (Å²) in [6.07, 6.45) is 1.28. The third kappa shape index (κ3) is 3.33. The molecule has 32 heavy (non-hydrogen) atoms. The second-order valence-electron chi connectivity index (χ2n) is 7.40. The summed E-state index contributed by atoms with van der Waals surface area (Å²) in [4.78, 5) is 15.4. The highest BCUT2D eigenvalue weighted by molar-refractivity contribution is 6.12. The molecule has 0 aliphatic carbocycles. The van der Waals surface area contributed by atoms with Gasteiger partial charge in [-0.2, -0.15) is 5.10 Å². The van der Waals surface area contributed by atoms with E-state index in [-0.39, 0.29) is 5.91 Å². The lowest BCUT2D eigenvalue weighted by Crippen LogP contribution is -2.43. The van der Waals surface area contributed by atoms with Crippen molar-refractivity contribution in [2.45, 2.75) is 6.17 Å². The molecule has 1 aromatic heterocycles. The molecule has 1 unspecified atom stereocenters. The van der Waals surface area contributed by atoms with Gasteiger partial charge in [0.25, 0.3) is 5.91 Å². The molecule has 0 saturated carbocycles. The molecule has 160 valence electrons. The molecule has 3 aromatic carbocycles. The number of methoxy groups -OCH3 is 2. The van der Waals surface area contributed by atoms with Crippen LogP contribution in [0, 0.1) is 0 Å². The molecule has 1 atom stereocenters. The molecule has 7 heteroatoms. The first kappa shape index (κ1) is 19.7. The van der Waals surface area contributed by atoms with Crippen molar-refractivity contribution in [2.24, 2.45) is 0 Å². The van der Waals surface area contributed by atoms with Crippen molar-refractivity contribution in [3.8, 4) is 22.8 Å². The van der Waals surface area contributed by atoms with Crippen molar-refractivity contribution < 1.29 is 14.3 Å². The average molecular weight is 426 g/mol. The lowest BCUT2D eigenvalue weighted by atomic mass is 10.00. The molecule has 5 rings (SSSR count). The zero-order chi connectivity index (χ0) is 22.1. The second-order valence-corrected chi connectivity index (χ2v) is 7.40. The average Bonchev–Trinajstić information content (AvgIpc) is 3.34. The second kappa shape index (κ2) is 8.11. The molecule has 2 heterocycles. The van der Waals surface area contributed by atoms with Gasteiger partial charge >= 0.3 is 0 Å². The van der Waals surface area contributed by atoms with Crippen LogP contribution in [-0.4, -0.2) is 30.3 Å². The summed E-state index contributed by atoms with van der Waals surface area (Å²) >= 11 is 0. The number of H-pyrrole nitrogens is 1. The predicted octanol–water partition coefficient (Wildman–Crippen LogP) is 4.87. The number of carbonyl (C=O) groups is 1. The molecule has 7 nitrogen and oxygen atoms in total. The summed E-state index contributed by atoms with van der Waals surface area (Å²) in [5.74, 6) is 1.35. The van der Waals surface area contributed by atoms with E-state index >= 15 is 0 Å². The standard InChI is InChI=1S/C25H22N4O3/c1-31-18-12-10-16(11-13-18)23-21(15-26-28-23)24-27-22-9-4-3-8-20(22)25(30)29(24)17-6-5-7-19(14-17)32-2/h3-15,24,27H,1-2H3,(H,26,28). The molecule has 4 aromatic rings. The number of hydrogen-bond donors (Lipinski definition) is 2. The van der Waals surface area contributed by atoms with Crippen molar-refractivity contribution in [3.05, 3.63) is 90.1 Å². The molecular weight excluding hydrogens is 404 g/mol. The van der Waals surface area contributed by atoms with Crippen LogP contribution in [0.1, 0.15) is 22.1 Å². The highest BCUT2D eigenvalue weighted by atomic mass is 16.5. The Balaban J connectivity index is 1.64. The van der Waals surface area contributed by atoms with Crippen molar-refractivity contribution >= 4 is 17.3 Å². The maximum Gasteiger partial charge on any atom is 0.262 e. The molecule has 0 radical (unpaired) electrons. The Morgan fingerprint density at radius 2 is 1.69 bits per heavy atom. The molecule has 0 spiro atoms. The number of fused-ring (bicyclic) bond motifs is 1. The number of nitrogens with zero attached hydrogens (tertiary/aromatic N) is 2. The Labute approximate surface area is 185 Å². The van der Waals surface area contributed by atoms with Crippen LogP contribution in [-0.2, 0) is 0 Å². The summed E-state index contributed by atoms with van der Waals surface area (Å²) < 4.78 is 10.7. The monoisotopic (exact) mass is 426 g/mol. The van der Waals surface area contributed by atoms with Gasteiger partial charge in [0.05, 0.1) is 37.4 Å². The minimum Gasteiger partial charge on any atom is -0.497 e. The number of rotatable bonds is 5. The first-order chi connectivity index (χ1) is 15.7. The number of nitrogens with one attached hydrogen (secondary N) is 2. The SMILES string of the molecule is COc1ccc(-c2[nH]ncc2C2Nc3ccccc3C(=O)N2c2cccc(OC)c2)cc1. The third-order valence-electron chi connectivity index (χ3n) is 5.60. The molecule has 1 amide bonds. The number of ether oxygens (including phenoxy) is 2. The highest BCUT2D eigenvalue weighted by Crippen LogP contribution is 2.40. The number of hydrogen-bond acceptors (Lipinski definition) is 5. The Morgan fingerprint density at radius 3 is 2.47 bits per heavy atom. The maximum atomic E-state index is 13.7. The van der Waals surface area contributed by atoms with Gasteiger partial charge in [-0.05, 0) is 48.5 Å². The Morgan fingerprint density at radius 1 is 0.906 bits per heavy atom. The first-order valence-corrected chi connectivity index (χ1v) is 10.2. The lowest BCUT2D eigenvalue weighted by Gasteiger charge is -2.38.